The first kappa shape index (κ1) is 17.6. The monoisotopic (exact) mass is 366 g/mol. The molecule has 1 fully saturated rings. The molecular formula is C20H26N6O. The van der Waals surface area contributed by atoms with Gasteiger partial charge in [-0.3, -0.25) is 4.90 Å². The van der Waals surface area contributed by atoms with E-state index in [1.165, 1.54) is 0 Å². The smallest absolute Gasteiger partial charge is 0.304 e. The number of fused-ring (bicyclic) bond motifs is 1. The molecule has 7 heteroatoms. The Morgan fingerprint density at radius 1 is 1.19 bits per heavy atom. The molecule has 0 radical (unpaired) electrons. The van der Waals surface area contributed by atoms with Crippen LogP contribution in [0.3, 0.4) is 0 Å². The Kier molecular flexibility index (Phi) is 4.61. The van der Waals surface area contributed by atoms with Gasteiger partial charge in [-0.15, -0.1) is 0 Å². The molecule has 1 aromatic carbocycles. The summed E-state index contributed by atoms with van der Waals surface area (Å²) in [4.78, 5) is 13.7. The first-order valence-electron chi connectivity index (χ1n) is 9.40. The lowest BCUT2D eigenvalue weighted by molar-refractivity contribution is 0.453. The number of piperazine rings is 1. The first-order valence-corrected chi connectivity index (χ1v) is 9.40. The van der Waals surface area contributed by atoms with Crippen molar-refractivity contribution >= 4 is 23.5 Å². The Balaban J connectivity index is 1.70. The third-order valence-corrected chi connectivity index (χ3v) is 5.17. The molecule has 2 aliphatic rings. The van der Waals surface area contributed by atoms with E-state index in [2.05, 4.69) is 34.4 Å². The van der Waals surface area contributed by atoms with Crippen molar-refractivity contribution in [1.29, 1.82) is 0 Å². The average Bonchev–Trinajstić information content (AvgIpc) is 3.03. The van der Waals surface area contributed by atoms with Crippen LogP contribution in [0.25, 0.3) is 5.70 Å². The van der Waals surface area contributed by atoms with Crippen molar-refractivity contribution in [2.75, 3.05) is 38.1 Å². The summed E-state index contributed by atoms with van der Waals surface area (Å²) < 4.78 is 8.24. The molecule has 0 bridgehead atoms. The molecule has 0 unspecified atom stereocenters. The standard InChI is InChI=1S/C20H26N6O/c1-5-15-8-6-7-9-16(15)27-20-23-18-17(14(2)24(20)3)25(4)19(22-18)26-12-10-21-11-13-26/h6-9,21H,2,5,10-13H2,1,3-4H3. The van der Waals surface area contributed by atoms with Gasteiger partial charge in [-0.2, -0.15) is 9.98 Å². The minimum atomic E-state index is 0.498. The lowest BCUT2D eigenvalue weighted by Gasteiger charge is -2.29. The van der Waals surface area contributed by atoms with Crippen molar-refractivity contribution in [2.24, 2.45) is 12.0 Å². The molecule has 0 aliphatic carbocycles. The van der Waals surface area contributed by atoms with Crippen molar-refractivity contribution < 1.29 is 4.74 Å². The second kappa shape index (κ2) is 7.08. The summed E-state index contributed by atoms with van der Waals surface area (Å²) in [6.45, 7) is 10.2. The van der Waals surface area contributed by atoms with Gasteiger partial charge in [-0.25, -0.2) is 0 Å². The Labute approximate surface area is 160 Å². The van der Waals surface area contributed by atoms with Crippen LogP contribution in [-0.4, -0.2) is 53.7 Å². The number of aliphatic imine (C=N–C) groups is 1. The fourth-order valence-corrected chi connectivity index (χ4v) is 3.55. The van der Waals surface area contributed by atoms with E-state index in [-0.39, 0.29) is 0 Å². The highest BCUT2D eigenvalue weighted by Crippen LogP contribution is 2.35. The summed E-state index contributed by atoms with van der Waals surface area (Å²) in [5, 5.41) is 3.37. The minimum absolute atomic E-state index is 0.498. The molecule has 0 saturated carbocycles. The molecule has 4 rings (SSSR count). The van der Waals surface area contributed by atoms with Gasteiger partial charge in [0, 0.05) is 40.3 Å². The Bertz CT molecular complexity index is 894. The maximum absolute atomic E-state index is 6.15. The second-order valence-electron chi connectivity index (χ2n) is 6.84. The minimum Gasteiger partial charge on any atom is -0.425 e. The van der Waals surface area contributed by atoms with Gasteiger partial charge in [0.1, 0.15) is 11.4 Å². The third-order valence-electron chi connectivity index (χ3n) is 5.17. The zero-order valence-corrected chi connectivity index (χ0v) is 16.2. The van der Waals surface area contributed by atoms with Gasteiger partial charge >= 0.3 is 6.02 Å². The molecule has 27 heavy (non-hydrogen) atoms. The number of rotatable bonds is 3. The highest BCUT2D eigenvalue weighted by atomic mass is 16.5. The van der Waals surface area contributed by atoms with Gasteiger partial charge < -0.3 is 19.5 Å². The normalized spacial score (nSPS) is 17.0. The van der Waals surface area contributed by atoms with Crippen LogP contribution in [0.2, 0.25) is 0 Å². The Morgan fingerprint density at radius 2 is 1.93 bits per heavy atom. The number of ether oxygens (including phenoxy) is 1. The first-order chi connectivity index (χ1) is 13.1. The average molecular weight is 366 g/mol. The molecule has 1 saturated heterocycles. The van der Waals surface area contributed by atoms with Gasteiger partial charge in [0.05, 0.1) is 5.70 Å². The van der Waals surface area contributed by atoms with E-state index < -0.39 is 0 Å². The topological polar surface area (TPSA) is 57.9 Å². The molecule has 7 nitrogen and oxygen atoms in total. The van der Waals surface area contributed by atoms with E-state index in [0.717, 1.165) is 61.3 Å². The van der Waals surface area contributed by atoms with Crippen molar-refractivity contribution in [3.05, 3.63) is 42.1 Å². The summed E-state index contributed by atoms with van der Waals surface area (Å²) in [7, 11) is 3.95. The van der Waals surface area contributed by atoms with Crippen LogP contribution in [-0.2, 0) is 13.5 Å². The number of amidine groups is 1. The van der Waals surface area contributed by atoms with E-state index in [1.54, 1.807) is 0 Å². The molecule has 2 aromatic rings. The Morgan fingerprint density at radius 3 is 2.67 bits per heavy atom. The maximum Gasteiger partial charge on any atom is 0.304 e. The van der Waals surface area contributed by atoms with E-state index in [4.69, 9.17) is 14.7 Å². The number of nitrogens with one attached hydrogen (secondary N) is 1. The van der Waals surface area contributed by atoms with Crippen molar-refractivity contribution in [3.63, 3.8) is 0 Å². The van der Waals surface area contributed by atoms with Gasteiger partial charge in [-0.05, 0) is 18.1 Å². The molecule has 3 heterocycles. The van der Waals surface area contributed by atoms with E-state index >= 15 is 0 Å². The predicted molar refractivity (Wildman–Crippen MR) is 109 cm³/mol. The molecule has 142 valence electrons. The highest BCUT2D eigenvalue weighted by Gasteiger charge is 2.30. The van der Waals surface area contributed by atoms with Gasteiger partial charge in [-0.1, -0.05) is 31.7 Å². The molecule has 0 amide bonds. The van der Waals surface area contributed by atoms with E-state index in [1.807, 2.05) is 37.2 Å². The predicted octanol–water partition coefficient (Wildman–Crippen LogP) is 2.37. The van der Waals surface area contributed by atoms with Crippen LogP contribution in [0.1, 0.15) is 18.2 Å². The summed E-state index contributed by atoms with van der Waals surface area (Å²) in [5.74, 6) is 2.41. The molecular weight excluding hydrogens is 340 g/mol. The van der Waals surface area contributed by atoms with Gasteiger partial charge in [0.2, 0.25) is 5.95 Å². The molecule has 2 aliphatic heterocycles. The number of benzene rings is 1. The van der Waals surface area contributed by atoms with Crippen LogP contribution in [0.15, 0.2) is 35.8 Å². The lowest BCUT2D eigenvalue weighted by Crippen LogP contribution is -2.44. The highest BCUT2D eigenvalue weighted by molar-refractivity contribution is 5.93. The third kappa shape index (κ3) is 3.08. The quantitative estimate of drug-likeness (QED) is 0.904. The number of hydrogen-bond acceptors (Lipinski definition) is 6. The van der Waals surface area contributed by atoms with Crippen LogP contribution in [0.5, 0.6) is 5.75 Å². The SMILES string of the molecule is C=C1c2c(nc(N3CCNCC3)n2C)N=C(Oc2ccccc2CC)N1C. The fourth-order valence-electron chi connectivity index (χ4n) is 3.55. The summed E-state index contributed by atoms with van der Waals surface area (Å²) in [6.07, 6.45) is 0.899. The van der Waals surface area contributed by atoms with Crippen molar-refractivity contribution in [3.8, 4) is 5.75 Å². The number of para-hydroxylation sites is 1. The number of aryl methyl sites for hydroxylation is 1. The number of anilines is 1. The summed E-state index contributed by atoms with van der Waals surface area (Å²) in [6, 6.07) is 8.54. The number of aromatic nitrogens is 2. The number of hydrogen-bond donors (Lipinski definition) is 1. The summed E-state index contributed by atoms with van der Waals surface area (Å²) >= 11 is 0. The number of imidazole rings is 1. The molecule has 1 aromatic heterocycles. The molecule has 1 N–H and O–H groups in total. The Hall–Kier alpha value is -2.80. The van der Waals surface area contributed by atoms with Crippen LogP contribution < -0.4 is 15.0 Å². The second-order valence-corrected chi connectivity index (χ2v) is 6.84. The van der Waals surface area contributed by atoms with Gasteiger partial charge in [0.25, 0.3) is 0 Å². The van der Waals surface area contributed by atoms with E-state index in [0.29, 0.717) is 11.8 Å². The molecule has 0 atom stereocenters. The zero-order chi connectivity index (χ0) is 19.0. The largest absolute Gasteiger partial charge is 0.425 e. The van der Waals surface area contributed by atoms with Crippen LogP contribution in [0, 0.1) is 0 Å². The van der Waals surface area contributed by atoms with Crippen molar-refractivity contribution in [2.45, 2.75) is 13.3 Å². The van der Waals surface area contributed by atoms with Crippen molar-refractivity contribution in [1.82, 2.24) is 19.8 Å². The zero-order valence-electron chi connectivity index (χ0n) is 16.2. The van der Waals surface area contributed by atoms with Crippen LogP contribution in [0.4, 0.5) is 11.8 Å². The van der Waals surface area contributed by atoms with E-state index in [9.17, 15) is 0 Å². The number of nitrogens with zero attached hydrogens (tertiary/aromatic N) is 5. The summed E-state index contributed by atoms with van der Waals surface area (Å²) in [5.41, 5.74) is 2.91. The fraction of sp³-hybridized carbons (Fsp3) is 0.400. The maximum atomic E-state index is 6.15. The molecule has 0 spiro atoms. The lowest BCUT2D eigenvalue weighted by atomic mass is 10.1. The van der Waals surface area contributed by atoms with Gasteiger partial charge in [0.15, 0.2) is 5.82 Å². The van der Waals surface area contributed by atoms with Crippen LogP contribution >= 0.6 is 0 Å².